The zero-order valence-corrected chi connectivity index (χ0v) is 17.9. The van der Waals surface area contributed by atoms with Crippen LogP contribution in [0.15, 0.2) is 67.0 Å². The van der Waals surface area contributed by atoms with Gasteiger partial charge in [-0.05, 0) is 49.4 Å². The topological polar surface area (TPSA) is 103 Å². The molecule has 2 N–H and O–H groups in total. The number of methoxy groups -OCH3 is 2. The number of hydrogen-bond acceptors (Lipinski definition) is 7. The average Bonchev–Trinajstić information content (AvgIpc) is 3.34. The molecule has 0 bridgehead atoms. The Kier molecular flexibility index (Phi) is 5.98. The van der Waals surface area contributed by atoms with E-state index < -0.39 is 0 Å². The van der Waals surface area contributed by atoms with Gasteiger partial charge in [-0.25, -0.2) is 14.6 Å². The minimum atomic E-state index is -0.295. The number of rotatable bonds is 7. The fourth-order valence-electron chi connectivity index (χ4n) is 3.19. The summed E-state index contributed by atoms with van der Waals surface area (Å²) in [5, 5.41) is 10.3. The normalized spacial score (nSPS) is 10.5. The number of benzene rings is 2. The fourth-order valence-corrected chi connectivity index (χ4v) is 3.19. The van der Waals surface area contributed by atoms with Gasteiger partial charge in [-0.1, -0.05) is 6.07 Å². The van der Waals surface area contributed by atoms with Crippen molar-refractivity contribution in [1.29, 1.82) is 0 Å². The van der Waals surface area contributed by atoms with Crippen LogP contribution in [0.2, 0.25) is 0 Å². The molecule has 0 saturated heterocycles. The van der Waals surface area contributed by atoms with Crippen LogP contribution < -0.4 is 20.1 Å². The van der Waals surface area contributed by atoms with Crippen molar-refractivity contribution in [2.24, 2.45) is 0 Å². The van der Waals surface area contributed by atoms with E-state index in [9.17, 15) is 4.79 Å². The molecule has 0 fully saturated rings. The Hall–Kier alpha value is -4.40. The van der Waals surface area contributed by atoms with Crippen molar-refractivity contribution in [2.75, 3.05) is 24.9 Å². The second-order valence-corrected chi connectivity index (χ2v) is 6.81. The summed E-state index contributed by atoms with van der Waals surface area (Å²) in [5.74, 6) is 2.52. The van der Waals surface area contributed by atoms with Crippen molar-refractivity contribution < 1.29 is 14.3 Å². The molecule has 0 spiro atoms. The van der Waals surface area contributed by atoms with Crippen molar-refractivity contribution in [3.05, 3.63) is 78.4 Å². The van der Waals surface area contributed by atoms with Gasteiger partial charge in [0.05, 0.1) is 19.8 Å². The van der Waals surface area contributed by atoms with Gasteiger partial charge in [-0.15, -0.1) is 0 Å². The van der Waals surface area contributed by atoms with Crippen molar-refractivity contribution in [3.8, 4) is 17.3 Å². The first-order valence-electron chi connectivity index (χ1n) is 9.82. The van der Waals surface area contributed by atoms with E-state index in [4.69, 9.17) is 9.47 Å². The number of nitrogens with one attached hydrogen (secondary N) is 2. The maximum Gasteiger partial charge on any atom is 0.259 e. The standard InChI is InChI=1S/C23H22N6O3/c1-15-25-20(14-21(26-15)29-13-5-12-24-29)27-16-8-10-17(11-9-16)28-23(30)18-6-4-7-19(31-2)22(18)32-3/h4-14H,1-3H3,(H,28,30)(H,25,26,27). The zero-order valence-electron chi connectivity index (χ0n) is 17.9. The lowest BCUT2D eigenvalue weighted by atomic mass is 10.1. The minimum absolute atomic E-state index is 0.295. The van der Waals surface area contributed by atoms with Crippen LogP contribution in [0.25, 0.3) is 5.82 Å². The maximum atomic E-state index is 12.7. The minimum Gasteiger partial charge on any atom is -0.493 e. The fraction of sp³-hybridized carbons (Fsp3) is 0.130. The Morgan fingerprint density at radius 3 is 2.44 bits per heavy atom. The van der Waals surface area contributed by atoms with Gasteiger partial charge >= 0.3 is 0 Å². The number of hydrogen-bond donors (Lipinski definition) is 2. The number of aromatic nitrogens is 4. The molecule has 1 amide bonds. The van der Waals surface area contributed by atoms with E-state index in [0.29, 0.717) is 40.2 Å². The highest BCUT2D eigenvalue weighted by molar-refractivity contribution is 6.06. The van der Waals surface area contributed by atoms with E-state index in [0.717, 1.165) is 5.69 Å². The number of nitrogens with zero attached hydrogens (tertiary/aromatic N) is 4. The van der Waals surface area contributed by atoms with Crippen LogP contribution in [0.5, 0.6) is 11.5 Å². The number of para-hydroxylation sites is 1. The first-order valence-corrected chi connectivity index (χ1v) is 9.82. The van der Waals surface area contributed by atoms with Crippen molar-refractivity contribution >= 4 is 23.1 Å². The van der Waals surface area contributed by atoms with Crippen LogP contribution in [0.4, 0.5) is 17.2 Å². The summed E-state index contributed by atoms with van der Waals surface area (Å²) in [6.45, 7) is 1.82. The first-order chi connectivity index (χ1) is 15.6. The largest absolute Gasteiger partial charge is 0.493 e. The molecule has 9 nitrogen and oxygen atoms in total. The Morgan fingerprint density at radius 2 is 1.75 bits per heavy atom. The number of aryl methyl sites for hydroxylation is 1. The lowest BCUT2D eigenvalue weighted by Crippen LogP contribution is -2.13. The first kappa shape index (κ1) is 20.9. The number of amides is 1. The smallest absolute Gasteiger partial charge is 0.259 e. The van der Waals surface area contributed by atoms with E-state index in [2.05, 4.69) is 25.7 Å². The van der Waals surface area contributed by atoms with E-state index in [-0.39, 0.29) is 5.91 Å². The molecular formula is C23H22N6O3. The van der Waals surface area contributed by atoms with Gasteiger partial charge in [-0.2, -0.15) is 5.10 Å². The predicted molar refractivity (Wildman–Crippen MR) is 121 cm³/mol. The molecule has 0 aliphatic heterocycles. The third-order valence-electron chi connectivity index (χ3n) is 4.63. The SMILES string of the molecule is COc1cccc(C(=O)Nc2ccc(Nc3cc(-n4cccn4)nc(C)n3)cc2)c1OC. The molecule has 0 aliphatic rings. The van der Waals surface area contributed by atoms with Crippen LogP contribution in [0.1, 0.15) is 16.2 Å². The third kappa shape index (κ3) is 4.51. The molecular weight excluding hydrogens is 408 g/mol. The molecule has 2 heterocycles. The Morgan fingerprint density at radius 1 is 0.969 bits per heavy atom. The number of carbonyl (C=O) groups is 1. The molecule has 9 heteroatoms. The summed E-state index contributed by atoms with van der Waals surface area (Å²) in [7, 11) is 3.03. The number of anilines is 3. The maximum absolute atomic E-state index is 12.7. The summed E-state index contributed by atoms with van der Waals surface area (Å²) >= 11 is 0. The molecule has 0 saturated carbocycles. The van der Waals surface area contributed by atoms with Crippen LogP contribution in [0, 0.1) is 6.92 Å². The average molecular weight is 430 g/mol. The molecule has 0 radical (unpaired) electrons. The molecule has 0 atom stereocenters. The molecule has 2 aromatic heterocycles. The van der Waals surface area contributed by atoms with Gasteiger partial charge in [0.25, 0.3) is 5.91 Å². The monoisotopic (exact) mass is 430 g/mol. The Bertz CT molecular complexity index is 1220. The van der Waals surface area contributed by atoms with Gasteiger partial charge < -0.3 is 20.1 Å². The van der Waals surface area contributed by atoms with Crippen LogP contribution in [-0.2, 0) is 0 Å². The highest BCUT2D eigenvalue weighted by atomic mass is 16.5. The molecule has 162 valence electrons. The molecule has 0 unspecified atom stereocenters. The zero-order chi connectivity index (χ0) is 22.5. The predicted octanol–water partition coefficient (Wildman–Crippen LogP) is 3.98. The van der Waals surface area contributed by atoms with Crippen molar-refractivity contribution in [2.45, 2.75) is 6.92 Å². The van der Waals surface area contributed by atoms with Crippen molar-refractivity contribution in [1.82, 2.24) is 19.7 Å². The molecule has 4 rings (SSSR count). The van der Waals surface area contributed by atoms with Gasteiger partial charge in [0.2, 0.25) is 0 Å². The quantitative estimate of drug-likeness (QED) is 0.457. The summed E-state index contributed by atoms with van der Waals surface area (Å²) < 4.78 is 12.3. The molecule has 4 aromatic rings. The second kappa shape index (κ2) is 9.17. The van der Waals surface area contributed by atoms with Crippen molar-refractivity contribution in [3.63, 3.8) is 0 Å². The van der Waals surface area contributed by atoms with E-state index in [1.807, 2.05) is 37.4 Å². The lowest BCUT2D eigenvalue weighted by molar-refractivity contribution is 0.102. The van der Waals surface area contributed by atoms with E-state index >= 15 is 0 Å². The third-order valence-corrected chi connectivity index (χ3v) is 4.63. The van der Waals surface area contributed by atoms with E-state index in [1.165, 1.54) is 14.2 Å². The van der Waals surface area contributed by atoms with E-state index in [1.54, 1.807) is 41.2 Å². The van der Waals surface area contributed by atoms with Gasteiger partial charge in [0.1, 0.15) is 11.6 Å². The van der Waals surface area contributed by atoms with Crippen LogP contribution >= 0.6 is 0 Å². The van der Waals surface area contributed by atoms with Crippen LogP contribution in [-0.4, -0.2) is 39.9 Å². The van der Waals surface area contributed by atoms with Gasteiger partial charge in [-0.3, -0.25) is 4.79 Å². The molecule has 0 aliphatic carbocycles. The van der Waals surface area contributed by atoms with Crippen LogP contribution in [0.3, 0.4) is 0 Å². The Labute approximate surface area is 185 Å². The lowest BCUT2D eigenvalue weighted by Gasteiger charge is -2.13. The Balaban J connectivity index is 1.48. The summed E-state index contributed by atoms with van der Waals surface area (Å²) in [6.07, 6.45) is 3.51. The molecule has 2 aromatic carbocycles. The molecule has 32 heavy (non-hydrogen) atoms. The van der Waals surface area contributed by atoms with Gasteiger partial charge in [0.15, 0.2) is 17.3 Å². The second-order valence-electron chi connectivity index (χ2n) is 6.81. The highest BCUT2D eigenvalue weighted by Crippen LogP contribution is 2.31. The summed E-state index contributed by atoms with van der Waals surface area (Å²) in [6, 6.07) is 16.1. The number of ether oxygens (including phenoxy) is 2. The summed E-state index contributed by atoms with van der Waals surface area (Å²) in [4.78, 5) is 21.6. The summed E-state index contributed by atoms with van der Waals surface area (Å²) in [5.41, 5.74) is 1.84. The van der Waals surface area contributed by atoms with Gasteiger partial charge in [0, 0.05) is 29.8 Å². The number of carbonyl (C=O) groups excluding carboxylic acids is 1. The highest BCUT2D eigenvalue weighted by Gasteiger charge is 2.16.